The molecule has 7 N–H and O–H groups in total. The van der Waals surface area contributed by atoms with Gasteiger partial charge in [0.2, 0.25) is 17.7 Å². The van der Waals surface area contributed by atoms with Crippen molar-refractivity contribution < 1.29 is 44.0 Å². The highest BCUT2D eigenvalue weighted by molar-refractivity contribution is 8.00. The van der Waals surface area contributed by atoms with Gasteiger partial charge in [-0.15, -0.1) is 11.8 Å². The van der Waals surface area contributed by atoms with E-state index in [1.165, 1.54) is 0 Å². The van der Waals surface area contributed by atoms with E-state index in [2.05, 4.69) is 5.32 Å². The van der Waals surface area contributed by atoms with E-state index in [9.17, 15) is 44.2 Å². The zero-order valence-corrected chi connectivity index (χ0v) is 18.2. The van der Waals surface area contributed by atoms with Gasteiger partial charge in [-0.05, 0) is 6.42 Å². The highest BCUT2D eigenvalue weighted by Crippen LogP contribution is 2.09. The molecule has 33 heavy (non-hydrogen) atoms. The molecule has 3 amide bonds. The summed E-state index contributed by atoms with van der Waals surface area (Å²) in [6.07, 6.45) is -0.576. The van der Waals surface area contributed by atoms with Crippen LogP contribution in [-0.4, -0.2) is 92.1 Å². The largest absolute Gasteiger partial charge is 0.480 e. The lowest BCUT2D eigenvalue weighted by Gasteiger charge is -2.18. The Kier molecular flexibility index (Phi) is 12.3. The molecular weight excluding hydrogens is 472 g/mol. The Hall–Kier alpha value is -3.54. The summed E-state index contributed by atoms with van der Waals surface area (Å²) in [6.45, 7) is -0.925. The molecule has 0 aliphatic carbocycles. The van der Waals surface area contributed by atoms with Crippen LogP contribution >= 0.6 is 11.8 Å². The van der Waals surface area contributed by atoms with Crippen LogP contribution < -0.4 is 21.7 Å². The van der Waals surface area contributed by atoms with Gasteiger partial charge in [0.05, 0.1) is 12.7 Å². The monoisotopic (exact) mass is 496 g/mol. The van der Waals surface area contributed by atoms with Gasteiger partial charge >= 0.3 is 17.6 Å². The molecule has 186 valence electrons. The minimum Gasteiger partial charge on any atom is -0.480 e. The number of hydrogen-bond acceptors (Lipinski definition) is 11. The Balaban J connectivity index is 4.87. The van der Waals surface area contributed by atoms with E-state index in [1.807, 2.05) is 10.6 Å². The molecule has 0 aliphatic heterocycles. The molecule has 0 aromatic heterocycles. The summed E-state index contributed by atoms with van der Waals surface area (Å²) < 4.78 is 0. The summed E-state index contributed by atoms with van der Waals surface area (Å²) in [5, 5.41) is 45.4. The van der Waals surface area contributed by atoms with Gasteiger partial charge in [0, 0.05) is 12.2 Å². The fourth-order valence-electron chi connectivity index (χ4n) is 1.93. The van der Waals surface area contributed by atoms with Crippen LogP contribution in [0.2, 0.25) is 0 Å². The van der Waals surface area contributed by atoms with Crippen molar-refractivity contribution in [3.05, 3.63) is 20.2 Å². The first-order chi connectivity index (χ1) is 15.2. The highest BCUT2D eigenvalue weighted by atomic mass is 32.2. The van der Waals surface area contributed by atoms with Crippen LogP contribution in [0.5, 0.6) is 0 Å². The number of nitrogens with two attached hydrogens (primary N) is 1. The van der Waals surface area contributed by atoms with Crippen molar-refractivity contribution in [3.8, 4) is 0 Å². The predicted molar refractivity (Wildman–Crippen MR) is 110 cm³/mol. The molecule has 0 saturated heterocycles. The normalized spacial score (nSPS) is 12.7. The highest BCUT2D eigenvalue weighted by Gasteiger charge is 2.50. The summed E-state index contributed by atoms with van der Waals surface area (Å²) in [7, 11) is 0. The smallest absolute Gasteiger partial charge is 0.472 e. The number of rotatable bonds is 16. The van der Waals surface area contributed by atoms with Crippen LogP contribution in [0.15, 0.2) is 0 Å². The quantitative estimate of drug-likeness (QED) is 0.0706. The molecular formula is C15H24N6O11S. The van der Waals surface area contributed by atoms with Crippen LogP contribution in [0, 0.1) is 20.2 Å². The second-order valence-electron chi connectivity index (χ2n) is 6.74. The standard InChI is InChI=1S/C15H24N6O11S/c1-15(20(29)30,21(31)32)7-18-11(23)6-33-5-9(13(26)17-4-12(24)25)19-10(22)3-2-8(16)14(27)28/h8-9H,2-7,16H2,1H3,(H,17,26)(H,18,23)(H,19,22)(H,24,25)(H,27,28)/t8?,9-/m0/s1. The maximum Gasteiger partial charge on any atom is 0.472 e. The third-order valence-electron chi connectivity index (χ3n) is 3.99. The van der Waals surface area contributed by atoms with Crippen molar-refractivity contribution in [1.82, 2.24) is 16.0 Å². The third kappa shape index (κ3) is 11.1. The van der Waals surface area contributed by atoms with Gasteiger partial charge in [-0.1, -0.05) is 0 Å². The summed E-state index contributed by atoms with van der Waals surface area (Å²) in [5.74, 6) is -5.78. The van der Waals surface area contributed by atoms with Gasteiger partial charge in [-0.2, -0.15) is 0 Å². The Morgan fingerprint density at radius 1 is 1.06 bits per heavy atom. The first-order valence-corrected chi connectivity index (χ1v) is 10.3. The molecule has 0 aliphatic rings. The second-order valence-corrected chi connectivity index (χ2v) is 7.77. The average Bonchev–Trinajstić information content (AvgIpc) is 2.72. The van der Waals surface area contributed by atoms with Crippen molar-refractivity contribution in [2.45, 2.75) is 37.5 Å². The van der Waals surface area contributed by atoms with E-state index in [1.54, 1.807) is 0 Å². The van der Waals surface area contributed by atoms with Crippen LogP contribution in [0.25, 0.3) is 0 Å². The number of hydrogen-bond donors (Lipinski definition) is 6. The molecule has 0 bridgehead atoms. The average molecular weight is 496 g/mol. The predicted octanol–water partition coefficient (Wildman–Crippen LogP) is -3.02. The number of amides is 3. The zero-order valence-electron chi connectivity index (χ0n) is 17.3. The van der Waals surface area contributed by atoms with Crippen LogP contribution in [0.4, 0.5) is 0 Å². The fraction of sp³-hybridized carbons (Fsp3) is 0.667. The number of thioether (sulfide) groups is 1. The second kappa shape index (κ2) is 13.8. The van der Waals surface area contributed by atoms with Crippen molar-refractivity contribution in [3.63, 3.8) is 0 Å². The molecule has 0 heterocycles. The van der Waals surface area contributed by atoms with Gasteiger partial charge in [-0.3, -0.25) is 44.2 Å². The van der Waals surface area contributed by atoms with Gasteiger partial charge in [0.15, 0.2) is 6.54 Å². The minimum absolute atomic E-state index is 0.230. The Bertz CT molecular complexity index is 778. The summed E-state index contributed by atoms with van der Waals surface area (Å²) in [6, 6.07) is -2.62. The van der Waals surface area contributed by atoms with Gasteiger partial charge < -0.3 is 31.9 Å². The first-order valence-electron chi connectivity index (χ1n) is 9.11. The van der Waals surface area contributed by atoms with Crippen LogP contribution in [0.1, 0.15) is 19.8 Å². The van der Waals surface area contributed by atoms with Crippen molar-refractivity contribution in [1.29, 1.82) is 0 Å². The maximum absolute atomic E-state index is 12.1. The summed E-state index contributed by atoms with van der Waals surface area (Å²) in [5.41, 5.74) is 2.65. The lowest BCUT2D eigenvalue weighted by molar-refractivity contribution is -0.788. The topological polar surface area (TPSA) is 274 Å². The summed E-state index contributed by atoms with van der Waals surface area (Å²) >= 11 is 0.777. The van der Waals surface area contributed by atoms with Crippen LogP contribution in [-0.2, 0) is 24.0 Å². The van der Waals surface area contributed by atoms with Gasteiger partial charge in [0.25, 0.3) is 0 Å². The molecule has 1 unspecified atom stereocenters. The summed E-state index contributed by atoms with van der Waals surface area (Å²) in [4.78, 5) is 76.7. The van der Waals surface area contributed by atoms with E-state index in [0.29, 0.717) is 0 Å². The minimum atomic E-state index is -2.63. The molecule has 0 aromatic carbocycles. The Morgan fingerprint density at radius 3 is 2.12 bits per heavy atom. The number of nitro groups is 2. The number of nitrogens with one attached hydrogen (secondary N) is 3. The Labute approximate surface area is 190 Å². The molecule has 0 fully saturated rings. The SMILES string of the molecule is CC(CNC(=O)CSC[C@H](NC(=O)CCC(N)C(=O)O)C(=O)NCC(=O)O)([N+](=O)[O-])[N+](=O)[O-]. The van der Waals surface area contributed by atoms with E-state index >= 15 is 0 Å². The van der Waals surface area contributed by atoms with Crippen molar-refractivity contribution in [2.24, 2.45) is 5.73 Å². The molecule has 0 aromatic rings. The van der Waals surface area contributed by atoms with Crippen molar-refractivity contribution >= 4 is 41.4 Å². The van der Waals surface area contributed by atoms with Gasteiger partial charge in [-0.25, -0.2) is 0 Å². The third-order valence-corrected chi connectivity index (χ3v) is 5.03. The first kappa shape index (κ1) is 29.5. The molecule has 0 saturated carbocycles. The molecule has 18 heteroatoms. The van der Waals surface area contributed by atoms with Gasteiger partial charge in [0.1, 0.15) is 28.5 Å². The molecule has 0 spiro atoms. The zero-order chi connectivity index (χ0) is 25.8. The van der Waals surface area contributed by atoms with Crippen molar-refractivity contribution in [2.75, 3.05) is 24.6 Å². The van der Waals surface area contributed by atoms with E-state index in [0.717, 1.165) is 18.7 Å². The number of carboxylic acids is 2. The molecule has 2 atom stereocenters. The van der Waals surface area contributed by atoms with Crippen LogP contribution in [0.3, 0.4) is 0 Å². The fourth-order valence-corrected chi connectivity index (χ4v) is 2.80. The molecule has 17 nitrogen and oxygen atoms in total. The van der Waals surface area contributed by atoms with E-state index < -0.39 is 76.1 Å². The number of carbonyl (C=O) groups is 5. The lowest BCUT2D eigenvalue weighted by Crippen LogP contribution is -2.52. The number of aliphatic carboxylic acids is 2. The Morgan fingerprint density at radius 2 is 1.64 bits per heavy atom. The lowest BCUT2D eigenvalue weighted by atomic mass is 10.1. The van der Waals surface area contributed by atoms with E-state index in [4.69, 9.17) is 15.9 Å². The molecule has 0 radical (unpaired) electrons. The number of carboxylic acid groups (broad SMARTS) is 2. The number of carbonyl (C=O) groups excluding carboxylic acids is 3. The van der Waals surface area contributed by atoms with E-state index in [-0.39, 0.29) is 18.6 Å². The molecule has 0 rings (SSSR count). The maximum atomic E-state index is 12.1. The number of nitrogens with zero attached hydrogens (tertiary/aromatic N) is 2.